The fraction of sp³-hybridized carbons (Fsp3) is 0.0500. The normalized spacial score (nSPS) is 11.2. The second kappa shape index (κ2) is 7.00. The summed E-state index contributed by atoms with van der Waals surface area (Å²) < 4.78 is 56.3. The van der Waals surface area contributed by atoms with E-state index >= 15 is 0 Å². The molecule has 0 N–H and O–H groups in total. The highest BCUT2D eigenvalue weighted by molar-refractivity contribution is 5.91. The van der Waals surface area contributed by atoms with Crippen molar-refractivity contribution in [3.05, 3.63) is 89.7 Å². The zero-order valence-corrected chi connectivity index (χ0v) is 13.3. The highest BCUT2D eigenvalue weighted by Crippen LogP contribution is 2.31. The van der Waals surface area contributed by atoms with E-state index in [1.54, 1.807) is 24.3 Å². The summed E-state index contributed by atoms with van der Waals surface area (Å²) >= 11 is 0. The maximum atomic E-state index is 13.6. The first-order chi connectivity index (χ1) is 12.3. The Morgan fingerprint density at radius 2 is 1.42 bits per heavy atom. The Morgan fingerprint density at radius 1 is 0.808 bits per heavy atom. The first-order valence-corrected chi connectivity index (χ1v) is 7.59. The van der Waals surface area contributed by atoms with E-state index in [0.29, 0.717) is 12.1 Å². The highest BCUT2D eigenvalue weighted by Gasteiger charge is 2.34. The average Bonchev–Trinajstić information content (AvgIpc) is 2.62. The molecule has 0 spiro atoms. The Labute approximate surface area is 146 Å². The second-order valence-corrected chi connectivity index (χ2v) is 5.47. The van der Waals surface area contributed by atoms with E-state index in [1.807, 2.05) is 30.3 Å². The van der Waals surface area contributed by atoms with Crippen LogP contribution in [0.5, 0.6) is 5.75 Å². The number of esters is 1. The predicted octanol–water partition coefficient (Wildman–Crippen LogP) is 5.73. The minimum absolute atomic E-state index is 0.204. The molecule has 0 heterocycles. The smallest absolute Gasteiger partial charge is 0.419 e. The minimum atomic E-state index is -4.82. The molecule has 0 bridgehead atoms. The van der Waals surface area contributed by atoms with Gasteiger partial charge in [0.25, 0.3) is 0 Å². The number of hydrogen-bond donors (Lipinski definition) is 0. The lowest BCUT2D eigenvalue weighted by atomic mass is 10.1. The van der Waals surface area contributed by atoms with Crippen molar-refractivity contribution >= 4 is 5.97 Å². The van der Waals surface area contributed by atoms with Gasteiger partial charge in [-0.15, -0.1) is 0 Å². The molecule has 0 unspecified atom stereocenters. The molecule has 0 saturated carbocycles. The fourth-order valence-corrected chi connectivity index (χ4v) is 2.38. The summed E-state index contributed by atoms with van der Waals surface area (Å²) in [5.74, 6) is -2.26. The standard InChI is InChI=1S/C20H12F4O2/c21-18-12-15(8-11-17(18)20(22,23)24)19(25)26-16-9-6-14(7-10-16)13-4-2-1-3-5-13/h1-12H. The van der Waals surface area contributed by atoms with Crippen molar-refractivity contribution < 1.29 is 27.1 Å². The molecule has 0 aliphatic carbocycles. The summed E-state index contributed by atoms with van der Waals surface area (Å²) in [6, 6.07) is 18.0. The molecule has 0 amide bonds. The molecule has 3 aromatic rings. The van der Waals surface area contributed by atoms with E-state index in [4.69, 9.17) is 4.74 Å². The Kier molecular flexibility index (Phi) is 4.75. The zero-order valence-electron chi connectivity index (χ0n) is 13.3. The van der Waals surface area contributed by atoms with Crippen LogP contribution in [-0.4, -0.2) is 5.97 Å². The van der Waals surface area contributed by atoms with E-state index in [2.05, 4.69) is 0 Å². The van der Waals surface area contributed by atoms with Gasteiger partial charge in [-0.1, -0.05) is 42.5 Å². The number of carbonyl (C=O) groups excluding carboxylic acids is 1. The van der Waals surface area contributed by atoms with Gasteiger partial charge in [0, 0.05) is 0 Å². The van der Waals surface area contributed by atoms with Crippen molar-refractivity contribution in [3.8, 4) is 16.9 Å². The van der Waals surface area contributed by atoms with Crippen LogP contribution in [0.15, 0.2) is 72.8 Å². The van der Waals surface area contributed by atoms with Gasteiger partial charge < -0.3 is 4.74 Å². The minimum Gasteiger partial charge on any atom is -0.423 e. The van der Waals surface area contributed by atoms with Crippen LogP contribution in [-0.2, 0) is 6.18 Å². The molecule has 0 fully saturated rings. The number of ether oxygens (including phenoxy) is 1. The van der Waals surface area contributed by atoms with Crippen LogP contribution in [0.1, 0.15) is 15.9 Å². The van der Waals surface area contributed by atoms with E-state index in [-0.39, 0.29) is 11.3 Å². The molecular weight excluding hydrogens is 348 g/mol. The molecule has 26 heavy (non-hydrogen) atoms. The van der Waals surface area contributed by atoms with Crippen LogP contribution in [0.3, 0.4) is 0 Å². The van der Waals surface area contributed by atoms with Crippen molar-refractivity contribution in [2.24, 2.45) is 0 Å². The monoisotopic (exact) mass is 360 g/mol. The lowest BCUT2D eigenvalue weighted by molar-refractivity contribution is -0.140. The third kappa shape index (κ3) is 3.91. The summed E-state index contributed by atoms with van der Waals surface area (Å²) in [7, 11) is 0. The van der Waals surface area contributed by atoms with Crippen LogP contribution in [0.2, 0.25) is 0 Å². The molecule has 0 saturated heterocycles. The van der Waals surface area contributed by atoms with Crippen molar-refractivity contribution in [1.82, 2.24) is 0 Å². The first-order valence-electron chi connectivity index (χ1n) is 7.59. The zero-order chi connectivity index (χ0) is 18.7. The Morgan fingerprint density at radius 3 is 2.00 bits per heavy atom. The van der Waals surface area contributed by atoms with Gasteiger partial charge in [-0.25, -0.2) is 9.18 Å². The quantitative estimate of drug-likeness (QED) is 0.339. The van der Waals surface area contributed by atoms with Crippen LogP contribution in [0.4, 0.5) is 17.6 Å². The number of rotatable bonds is 3. The van der Waals surface area contributed by atoms with Gasteiger partial charge in [0.1, 0.15) is 11.6 Å². The Bertz CT molecular complexity index is 917. The van der Waals surface area contributed by atoms with E-state index < -0.39 is 23.5 Å². The molecular formula is C20H12F4O2. The van der Waals surface area contributed by atoms with Gasteiger partial charge in [0.05, 0.1) is 11.1 Å². The molecule has 0 aliphatic heterocycles. The molecule has 0 radical (unpaired) electrons. The fourth-order valence-electron chi connectivity index (χ4n) is 2.38. The summed E-state index contributed by atoms with van der Waals surface area (Å²) in [6.07, 6.45) is -4.82. The average molecular weight is 360 g/mol. The maximum absolute atomic E-state index is 13.6. The van der Waals surface area contributed by atoms with E-state index in [1.165, 1.54) is 0 Å². The largest absolute Gasteiger partial charge is 0.423 e. The first kappa shape index (κ1) is 17.7. The molecule has 3 aromatic carbocycles. The lowest BCUT2D eigenvalue weighted by Gasteiger charge is -2.09. The van der Waals surface area contributed by atoms with Gasteiger partial charge in [-0.2, -0.15) is 13.2 Å². The third-order valence-corrected chi connectivity index (χ3v) is 3.68. The lowest BCUT2D eigenvalue weighted by Crippen LogP contribution is -2.12. The third-order valence-electron chi connectivity index (χ3n) is 3.68. The number of carbonyl (C=O) groups is 1. The van der Waals surface area contributed by atoms with E-state index in [0.717, 1.165) is 17.2 Å². The van der Waals surface area contributed by atoms with Crippen LogP contribution in [0.25, 0.3) is 11.1 Å². The van der Waals surface area contributed by atoms with Gasteiger partial charge in [-0.05, 0) is 41.5 Å². The van der Waals surface area contributed by atoms with Crippen molar-refractivity contribution in [2.45, 2.75) is 6.18 Å². The molecule has 6 heteroatoms. The molecule has 0 aliphatic rings. The second-order valence-electron chi connectivity index (χ2n) is 5.47. The number of benzene rings is 3. The summed E-state index contributed by atoms with van der Waals surface area (Å²) in [6.45, 7) is 0. The van der Waals surface area contributed by atoms with E-state index in [9.17, 15) is 22.4 Å². The molecule has 3 rings (SSSR count). The van der Waals surface area contributed by atoms with Crippen molar-refractivity contribution in [1.29, 1.82) is 0 Å². The number of alkyl halides is 3. The molecule has 2 nitrogen and oxygen atoms in total. The van der Waals surface area contributed by atoms with Crippen LogP contribution in [0, 0.1) is 5.82 Å². The Hall–Kier alpha value is -3.15. The summed E-state index contributed by atoms with van der Waals surface area (Å²) in [4.78, 5) is 12.0. The van der Waals surface area contributed by atoms with Gasteiger partial charge >= 0.3 is 12.1 Å². The number of halogens is 4. The van der Waals surface area contributed by atoms with Crippen molar-refractivity contribution in [3.63, 3.8) is 0 Å². The molecule has 0 aromatic heterocycles. The van der Waals surface area contributed by atoms with Crippen LogP contribution >= 0.6 is 0 Å². The summed E-state index contributed by atoms with van der Waals surface area (Å²) in [5.41, 5.74) is 0.157. The number of hydrogen-bond acceptors (Lipinski definition) is 2. The predicted molar refractivity (Wildman–Crippen MR) is 88.2 cm³/mol. The summed E-state index contributed by atoms with van der Waals surface area (Å²) in [5, 5.41) is 0. The SMILES string of the molecule is O=C(Oc1ccc(-c2ccccc2)cc1)c1ccc(C(F)(F)F)c(F)c1. The topological polar surface area (TPSA) is 26.3 Å². The van der Waals surface area contributed by atoms with Gasteiger partial charge in [0.15, 0.2) is 0 Å². The highest BCUT2D eigenvalue weighted by atomic mass is 19.4. The van der Waals surface area contributed by atoms with Crippen LogP contribution < -0.4 is 4.74 Å². The van der Waals surface area contributed by atoms with Crippen molar-refractivity contribution in [2.75, 3.05) is 0 Å². The maximum Gasteiger partial charge on any atom is 0.419 e. The van der Waals surface area contributed by atoms with Gasteiger partial charge in [0.2, 0.25) is 0 Å². The Balaban J connectivity index is 1.75. The van der Waals surface area contributed by atoms with Gasteiger partial charge in [-0.3, -0.25) is 0 Å². The molecule has 132 valence electrons. The molecule has 0 atom stereocenters.